The van der Waals surface area contributed by atoms with Crippen molar-refractivity contribution in [3.05, 3.63) is 17.7 Å². The van der Waals surface area contributed by atoms with Gasteiger partial charge in [0.15, 0.2) is 0 Å². The van der Waals surface area contributed by atoms with Crippen LogP contribution in [-0.4, -0.2) is 27.5 Å². The molecule has 2 rings (SSSR count). The highest BCUT2D eigenvalue weighted by Gasteiger charge is 2.19. The zero-order valence-corrected chi connectivity index (χ0v) is 9.61. The third-order valence-corrected chi connectivity index (χ3v) is 2.88. The Kier molecular flexibility index (Phi) is 3.07. The summed E-state index contributed by atoms with van der Waals surface area (Å²) < 4.78 is 2.24. The maximum atomic E-state index is 5.67. The molecule has 1 aromatic rings. The molecule has 2 N–H and O–H groups in total. The maximum absolute atomic E-state index is 5.67. The Bertz CT molecular complexity index is 316. The highest BCUT2D eigenvalue weighted by atomic mass is 15.2. The van der Waals surface area contributed by atoms with Crippen LogP contribution in [0.25, 0.3) is 0 Å². The fourth-order valence-corrected chi connectivity index (χ4v) is 2.21. The van der Waals surface area contributed by atoms with E-state index >= 15 is 0 Å². The molecule has 1 aliphatic rings. The lowest BCUT2D eigenvalue weighted by molar-refractivity contribution is 0.198. The van der Waals surface area contributed by atoms with Crippen LogP contribution < -0.4 is 5.73 Å². The number of fused-ring (bicyclic) bond motifs is 1. The summed E-state index contributed by atoms with van der Waals surface area (Å²) >= 11 is 0. The number of aromatic nitrogens is 2. The number of hydrogen-bond donors (Lipinski definition) is 1. The predicted octanol–water partition coefficient (Wildman–Crippen LogP) is 0.813. The van der Waals surface area contributed by atoms with Crippen LogP contribution in [0.4, 0.5) is 0 Å². The Morgan fingerprint density at radius 2 is 2.27 bits per heavy atom. The lowest BCUT2D eigenvalue weighted by Gasteiger charge is -2.29. The summed E-state index contributed by atoms with van der Waals surface area (Å²) in [6.07, 6.45) is 1.92. The highest BCUT2D eigenvalue weighted by molar-refractivity contribution is 5.14. The number of imidazole rings is 1. The third-order valence-electron chi connectivity index (χ3n) is 2.88. The number of rotatable bonds is 3. The zero-order valence-electron chi connectivity index (χ0n) is 9.61. The van der Waals surface area contributed by atoms with E-state index in [1.807, 2.05) is 6.33 Å². The minimum atomic E-state index is 0.553. The van der Waals surface area contributed by atoms with Gasteiger partial charge in [0, 0.05) is 32.7 Å². The van der Waals surface area contributed by atoms with Crippen LogP contribution in [0.1, 0.15) is 25.2 Å². The van der Waals surface area contributed by atoms with Crippen LogP contribution in [0.2, 0.25) is 0 Å². The van der Waals surface area contributed by atoms with Crippen molar-refractivity contribution in [3.8, 4) is 0 Å². The summed E-state index contributed by atoms with van der Waals surface area (Å²) in [7, 11) is 0. The average molecular weight is 208 g/mol. The molecule has 2 heterocycles. The highest BCUT2D eigenvalue weighted by Crippen LogP contribution is 2.16. The van der Waals surface area contributed by atoms with Gasteiger partial charge < -0.3 is 10.3 Å². The molecule has 0 fully saturated rings. The van der Waals surface area contributed by atoms with Crippen molar-refractivity contribution < 1.29 is 0 Å². The second-order valence-corrected chi connectivity index (χ2v) is 4.66. The molecular formula is C11H20N4. The minimum absolute atomic E-state index is 0.553. The zero-order chi connectivity index (χ0) is 10.8. The van der Waals surface area contributed by atoms with Crippen molar-refractivity contribution >= 4 is 0 Å². The molecule has 0 aliphatic carbocycles. The fourth-order valence-electron chi connectivity index (χ4n) is 2.21. The van der Waals surface area contributed by atoms with Gasteiger partial charge in [-0.15, -0.1) is 0 Å². The van der Waals surface area contributed by atoms with Gasteiger partial charge in [-0.3, -0.25) is 4.90 Å². The first-order valence-electron chi connectivity index (χ1n) is 5.66. The van der Waals surface area contributed by atoms with E-state index in [1.54, 1.807) is 0 Å². The first kappa shape index (κ1) is 10.6. The molecule has 0 aromatic carbocycles. The summed E-state index contributed by atoms with van der Waals surface area (Å²) in [6.45, 7) is 9.42. The molecule has 0 unspecified atom stereocenters. The van der Waals surface area contributed by atoms with Crippen molar-refractivity contribution in [3.63, 3.8) is 0 Å². The molecule has 1 aromatic heterocycles. The van der Waals surface area contributed by atoms with E-state index in [2.05, 4.69) is 28.3 Å². The van der Waals surface area contributed by atoms with Crippen molar-refractivity contribution in [1.29, 1.82) is 0 Å². The van der Waals surface area contributed by atoms with Gasteiger partial charge in [0.2, 0.25) is 0 Å². The first-order chi connectivity index (χ1) is 7.20. The molecule has 1 aliphatic heterocycles. The Labute approximate surface area is 91.1 Å². The van der Waals surface area contributed by atoms with E-state index in [0.717, 1.165) is 37.8 Å². The van der Waals surface area contributed by atoms with E-state index in [9.17, 15) is 0 Å². The predicted molar refractivity (Wildman–Crippen MR) is 60.2 cm³/mol. The molecule has 0 radical (unpaired) electrons. The first-order valence-corrected chi connectivity index (χ1v) is 5.66. The van der Waals surface area contributed by atoms with Crippen LogP contribution in [0.3, 0.4) is 0 Å². The summed E-state index contributed by atoms with van der Waals surface area (Å²) in [4.78, 5) is 6.83. The maximum Gasteiger partial charge on any atom is 0.0953 e. The van der Waals surface area contributed by atoms with Gasteiger partial charge >= 0.3 is 0 Å². The Morgan fingerprint density at radius 1 is 1.47 bits per heavy atom. The van der Waals surface area contributed by atoms with Gasteiger partial charge in [-0.2, -0.15) is 0 Å². The SMILES string of the molecule is CC(C)CN1CCn2cnc(CN)c2C1. The average Bonchev–Trinajstić information content (AvgIpc) is 2.59. The molecule has 84 valence electrons. The van der Waals surface area contributed by atoms with Crippen molar-refractivity contribution in [2.45, 2.75) is 33.5 Å². The molecule has 0 saturated heterocycles. The van der Waals surface area contributed by atoms with Crippen LogP contribution in [0.15, 0.2) is 6.33 Å². The Balaban J connectivity index is 2.10. The molecule has 4 nitrogen and oxygen atoms in total. The lowest BCUT2D eigenvalue weighted by Crippen LogP contribution is -2.36. The number of nitrogens with two attached hydrogens (primary N) is 1. The molecular weight excluding hydrogens is 188 g/mol. The largest absolute Gasteiger partial charge is 0.332 e. The molecule has 0 amide bonds. The molecule has 4 heteroatoms. The molecule has 0 atom stereocenters. The summed E-state index contributed by atoms with van der Waals surface area (Å²) in [5.74, 6) is 0.723. The third kappa shape index (κ3) is 2.21. The second-order valence-electron chi connectivity index (χ2n) is 4.66. The number of hydrogen-bond acceptors (Lipinski definition) is 3. The van der Waals surface area contributed by atoms with E-state index in [0.29, 0.717) is 6.54 Å². The smallest absolute Gasteiger partial charge is 0.0953 e. The molecule has 0 bridgehead atoms. The lowest BCUT2D eigenvalue weighted by atomic mass is 10.1. The van der Waals surface area contributed by atoms with E-state index < -0.39 is 0 Å². The monoisotopic (exact) mass is 208 g/mol. The van der Waals surface area contributed by atoms with Crippen molar-refractivity contribution in [2.24, 2.45) is 11.7 Å². The number of nitrogens with zero attached hydrogens (tertiary/aromatic N) is 3. The molecule has 0 spiro atoms. The van der Waals surface area contributed by atoms with Gasteiger partial charge in [0.1, 0.15) is 0 Å². The minimum Gasteiger partial charge on any atom is -0.332 e. The van der Waals surface area contributed by atoms with Gasteiger partial charge in [-0.25, -0.2) is 4.98 Å². The molecule has 0 saturated carbocycles. The molecule has 15 heavy (non-hydrogen) atoms. The van der Waals surface area contributed by atoms with Gasteiger partial charge in [-0.05, 0) is 5.92 Å². The van der Waals surface area contributed by atoms with E-state index in [4.69, 9.17) is 5.73 Å². The van der Waals surface area contributed by atoms with Crippen LogP contribution >= 0.6 is 0 Å². The van der Waals surface area contributed by atoms with Crippen molar-refractivity contribution in [1.82, 2.24) is 14.5 Å². The standard InChI is InChI=1S/C11H20N4/c1-9(2)6-14-3-4-15-8-13-10(5-12)11(15)7-14/h8-9H,3-7,12H2,1-2H3. The van der Waals surface area contributed by atoms with E-state index in [1.165, 1.54) is 5.69 Å². The second kappa shape index (κ2) is 4.33. The Hall–Kier alpha value is -0.870. The summed E-state index contributed by atoms with van der Waals surface area (Å²) in [5.41, 5.74) is 8.04. The van der Waals surface area contributed by atoms with E-state index in [-0.39, 0.29) is 0 Å². The topological polar surface area (TPSA) is 47.1 Å². The van der Waals surface area contributed by atoms with Gasteiger partial charge in [0.05, 0.1) is 17.7 Å². The quantitative estimate of drug-likeness (QED) is 0.799. The Morgan fingerprint density at radius 3 is 2.93 bits per heavy atom. The van der Waals surface area contributed by atoms with Gasteiger partial charge in [0.25, 0.3) is 0 Å². The fraction of sp³-hybridized carbons (Fsp3) is 0.727. The normalized spacial score (nSPS) is 17.1. The van der Waals surface area contributed by atoms with Crippen LogP contribution in [0, 0.1) is 5.92 Å². The van der Waals surface area contributed by atoms with Crippen LogP contribution in [-0.2, 0) is 19.6 Å². The van der Waals surface area contributed by atoms with Crippen LogP contribution in [0.5, 0.6) is 0 Å². The summed E-state index contributed by atoms with van der Waals surface area (Å²) in [5, 5.41) is 0. The van der Waals surface area contributed by atoms with Gasteiger partial charge in [-0.1, -0.05) is 13.8 Å². The van der Waals surface area contributed by atoms with Crippen molar-refractivity contribution in [2.75, 3.05) is 13.1 Å². The summed E-state index contributed by atoms with van der Waals surface area (Å²) in [6, 6.07) is 0.